The fourth-order valence-corrected chi connectivity index (χ4v) is 1.57. The highest BCUT2D eigenvalue weighted by atomic mass is 35.5. The molecule has 6 heteroatoms. The van der Waals surface area contributed by atoms with Gasteiger partial charge in [-0.15, -0.1) is 0 Å². The van der Waals surface area contributed by atoms with Crippen LogP contribution in [0, 0.1) is 0 Å². The number of aliphatic imine (C=N–C) groups is 1. The predicted molar refractivity (Wildman–Crippen MR) is 68.7 cm³/mol. The van der Waals surface area contributed by atoms with Crippen molar-refractivity contribution < 1.29 is 13.2 Å². The summed E-state index contributed by atoms with van der Waals surface area (Å²) in [4.78, 5) is 7.45. The van der Waals surface area contributed by atoms with Crippen LogP contribution in [-0.2, 0) is 0 Å². The highest BCUT2D eigenvalue weighted by molar-refractivity contribution is 6.67. The lowest BCUT2D eigenvalue weighted by Gasteiger charge is -2.07. The summed E-state index contributed by atoms with van der Waals surface area (Å²) in [6.45, 7) is 0. The first-order chi connectivity index (χ1) is 8.98. The van der Waals surface area contributed by atoms with Gasteiger partial charge in [-0.05, 0) is 12.1 Å². The quantitative estimate of drug-likeness (QED) is 0.741. The monoisotopic (exact) mass is 284 g/mol. The van der Waals surface area contributed by atoms with Gasteiger partial charge in [-0.3, -0.25) is 4.98 Å². The van der Waals surface area contributed by atoms with Gasteiger partial charge in [0.25, 0.3) is 0 Å². The number of pyridine rings is 1. The van der Waals surface area contributed by atoms with E-state index in [9.17, 15) is 13.2 Å². The van der Waals surface area contributed by atoms with Crippen LogP contribution in [0.3, 0.4) is 0 Å². The smallest absolute Gasteiger partial charge is 0.254 e. The molecule has 0 aliphatic heterocycles. The molecule has 1 aromatic carbocycles. The molecule has 0 aliphatic carbocycles. The van der Waals surface area contributed by atoms with Crippen LogP contribution < -0.4 is 0 Å². The van der Waals surface area contributed by atoms with Crippen LogP contribution in [0.1, 0.15) is 0 Å². The number of alkyl halides is 3. The van der Waals surface area contributed by atoms with E-state index >= 15 is 0 Å². The summed E-state index contributed by atoms with van der Waals surface area (Å²) in [7, 11) is 0. The van der Waals surface area contributed by atoms with Gasteiger partial charge >= 0.3 is 6.18 Å². The van der Waals surface area contributed by atoms with E-state index in [1.807, 2.05) is 0 Å². The van der Waals surface area contributed by atoms with Crippen LogP contribution in [0.4, 0.5) is 18.9 Å². The Kier molecular flexibility index (Phi) is 3.85. The fourth-order valence-electron chi connectivity index (χ4n) is 1.47. The van der Waals surface area contributed by atoms with E-state index in [2.05, 4.69) is 9.98 Å². The summed E-state index contributed by atoms with van der Waals surface area (Å²) in [6.07, 6.45) is -3.17. The molecule has 2 nitrogen and oxygen atoms in total. The van der Waals surface area contributed by atoms with Crippen molar-refractivity contribution in [2.24, 2.45) is 4.99 Å². The molecule has 0 saturated heterocycles. The first kappa shape index (κ1) is 13.5. The topological polar surface area (TPSA) is 25.2 Å². The maximum Gasteiger partial charge on any atom is 0.444 e. The second kappa shape index (κ2) is 5.40. The minimum absolute atomic E-state index is 0.0797. The Morgan fingerprint density at radius 2 is 1.74 bits per heavy atom. The highest BCUT2D eigenvalue weighted by Crippen LogP contribution is 2.30. The molecule has 0 bridgehead atoms. The SMILES string of the molecule is FC(F)(F)C(Cl)=Nc1cccnc1-c1ccccc1. The largest absolute Gasteiger partial charge is 0.444 e. The Morgan fingerprint density at radius 3 is 2.37 bits per heavy atom. The molecule has 0 aliphatic rings. The second-order valence-electron chi connectivity index (χ2n) is 3.64. The zero-order valence-corrected chi connectivity index (χ0v) is 10.3. The molecule has 0 radical (unpaired) electrons. The van der Waals surface area contributed by atoms with E-state index in [-0.39, 0.29) is 5.69 Å². The minimum atomic E-state index is -4.66. The molecule has 0 spiro atoms. The Bertz CT molecular complexity index is 594. The van der Waals surface area contributed by atoms with E-state index in [1.54, 1.807) is 30.3 Å². The first-order valence-corrected chi connectivity index (χ1v) is 5.68. The number of halogens is 4. The highest BCUT2D eigenvalue weighted by Gasteiger charge is 2.34. The number of aromatic nitrogens is 1. The van der Waals surface area contributed by atoms with Gasteiger partial charge in [-0.1, -0.05) is 41.9 Å². The average Bonchev–Trinajstić information content (AvgIpc) is 2.39. The summed E-state index contributed by atoms with van der Waals surface area (Å²) < 4.78 is 37.2. The van der Waals surface area contributed by atoms with Crippen LogP contribution in [0.2, 0.25) is 0 Å². The molecule has 1 heterocycles. The number of rotatable bonds is 2. The Balaban J connectivity index is 2.49. The molecule has 98 valence electrons. The Labute approximate surface area is 112 Å². The number of hydrogen-bond donors (Lipinski definition) is 0. The number of hydrogen-bond acceptors (Lipinski definition) is 2. The van der Waals surface area contributed by atoms with Crippen molar-refractivity contribution in [2.45, 2.75) is 6.18 Å². The van der Waals surface area contributed by atoms with Gasteiger partial charge in [0.1, 0.15) is 0 Å². The van der Waals surface area contributed by atoms with Crippen molar-refractivity contribution in [1.82, 2.24) is 4.98 Å². The van der Waals surface area contributed by atoms with Crippen LogP contribution in [0.5, 0.6) is 0 Å². The second-order valence-corrected chi connectivity index (χ2v) is 4.00. The Morgan fingerprint density at radius 1 is 1.05 bits per heavy atom. The van der Waals surface area contributed by atoms with E-state index in [0.29, 0.717) is 11.3 Å². The van der Waals surface area contributed by atoms with Crippen LogP contribution in [0.15, 0.2) is 53.7 Å². The lowest BCUT2D eigenvalue weighted by Crippen LogP contribution is -2.16. The summed E-state index contributed by atoms with van der Waals surface area (Å²) in [5, 5.41) is -1.42. The van der Waals surface area contributed by atoms with Crippen molar-refractivity contribution in [3.05, 3.63) is 48.7 Å². The molecular weight excluding hydrogens is 277 g/mol. The normalized spacial score (nSPS) is 12.5. The fraction of sp³-hybridized carbons (Fsp3) is 0.0769. The molecule has 0 saturated carbocycles. The van der Waals surface area contributed by atoms with Crippen LogP contribution in [-0.4, -0.2) is 16.3 Å². The third kappa shape index (κ3) is 3.32. The molecule has 19 heavy (non-hydrogen) atoms. The van der Waals surface area contributed by atoms with Crippen LogP contribution >= 0.6 is 11.6 Å². The van der Waals surface area contributed by atoms with Gasteiger partial charge in [0.15, 0.2) is 0 Å². The predicted octanol–water partition coefficient (Wildman–Crippen LogP) is 4.58. The minimum Gasteiger partial charge on any atom is -0.254 e. The van der Waals surface area contributed by atoms with Crippen molar-refractivity contribution >= 4 is 22.5 Å². The maximum absolute atomic E-state index is 12.4. The summed E-state index contributed by atoms with van der Waals surface area (Å²) >= 11 is 5.15. The van der Waals surface area contributed by atoms with E-state index < -0.39 is 11.3 Å². The zero-order chi connectivity index (χ0) is 13.9. The molecule has 0 atom stereocenters. The lowest BCUT2D eigenvalue weighted by atomic mass is 10.1. The number of nitrogens with zero attached hydrogens (tertiary/aromatic N) is 2. The molecule has 2 rings (SSSR count). The Hall–Kier alpha value is -1.88. The van der Waals surface area contributed by atoms with Gasteiger partial charge in [0.2, 0.25) is 5.17 Å². The molecule has 1 aromatic heterocycles. The molecule has 0 unspecified atom stereocenters. The van der Waals surface area contributed by atoms with Gasteiger partial charge < -0.3 is 0 Å². The first-order valence-electron chi connectivity index (χ1n) is 5.30. The van der Waals surface area contributed by atoms with Crippen molar-refractivity contribution in [1.29, 1.82) is 0 Å². The van der Waals surface area contributed by atoms with Gasteiger partial charge in [-0.2, -0.15) is 13.2 Å². The third-order valence-corrected chi connectivity index (χ3v) is 2.58. The maximum atomic E-state index is 12.4. The van der Waals surface area contributed by atoms with Crippen molar-refractivity contribution in [3.63, 3.8) is 0 Å². The van der Waals surface area contributed by atoms with E-state index in [0.717, 1.165) is 0 Å². The van der Waals surface area contributed by atoms with Crippen LogP contribution in [0.25, 0.3) is 11.3 Å². The average molecular weight is 285 g/mol. The van der Waals surface area contributed by atoms with Gasteiger partial charge in [0.05, 0.1) is 11.4 Å². The number of benzene rings is 1. The molecule has 0 fully saturated rings. The standard InChI is InChI=1S/C13H8ClF3N2/c14-12(13(15,16)17)19-10-7-4-8-18-11(10)9-5-2-1-3-6-9/h1-8H. The molecular formula is C13H8ClF3N2. The van der Waals surface area contributed by atoms with Crippen molar-refractivity contribution in [2.75, 3.05) is 0 Å². The van der Waals surface area contributed by atoms with Crippen molar-refractivity contribution in [3.8, 4) is 11.3 Å². The summed E-state index contributed by atoms with van der Waals surface area (Å²) in [5.41, 5.74) is 1.11. The molecule has 2 aromatic rings. The summed E-state index contributed by atoms with van der Waals surface area (Å²) in [6, 6.07) is 11.8. The summed E-state index contributed by atoms with van der Waals surface area (Å²) in [5.74, 6) is 0. The van der Waals surface area contributed by atoms with E-state index in [4.69, 9.17) is 11.6 Å². The lowest BCUT2D eigenvalue weighted by molar-refractivity contribution is -0.0558. The van der Waals surface area contributed by atoms with Gasteiger partial charge in [-0.25, -0.2) is 4.99 Å². The zero-order valence-electron chi connectivity index (χ0n) is 9.53. The third-order valence-electron chi connectivity index (χ3n) is 2.29. The molecule has 0 N–H and O–H groups in total. The van der Waals surface area contributed by atoms with Gasteiger partial charge in [0, 0.05) is 11.8 Å². The van der Waals surface area contributed by atoms with E-state index in [1.165, 1.54) is 18.3 Å². The molecule has 0 amide bonds.